The van der Waals surface area contributed by atoms with Gasteiger partial charge in [0.15, 0.2) is 0 Å². The van der Waals surface area contributed by atoms with Crippen molar-refractivity contribution in [3.05, 3.63) is 70.1 Å². The Morgan fingerprint density at radius 2 is 1.75 bits per heavy atom. The van der Waals surface area contributed by atoms with Crippen LogP contribution in [0.4, 0.5) is 17.2 Å². The summed E-state index contributed by atoms with van der Waals surface area (Å²) >= 11 is 6.08. The van der Waals surface area contributed by atoms with Gasteiger partial charge in [0.25, 0.3) is 5.91 Å². The maximum absolute atomic E-state index is 12.4. The van der Waals surface area contributed by atoms with E-state index in [9.17, 15) is 4.79 Å². The summed E-state index contributed by atoms with van der Waals surface area (Å²) in [6, 6.07) is 9.21. The number of hydrogen-bond acceptors (Lipinski definition) is 5. The molecule has 0 aliphatic rings. The van der Waals surface area contributed by atoms with Crippen LogP contribution in [0, 0.1) is 20.8 Å². The predicted molar refractivity (Wildman–Crippen MR) is 112 cm³/mol. The molecule has 1 amide bonds. The van der Waals surface area contributed by atoms with Crippen molar-refractivity contribution in [3.8, 4) is 5.75 Å². The molecule has 2 aromatic carbocycles. The minimum atomic E-state index is -0.372. The van der Waals surface area contributed by atoms with Gasteiger partial charge in [-0.3, -0.25) is 4.79 Å². The molecule has 1 heterocycles. The highest BCUT2D eigenvalue weighted by molar-refractivity contribution is 6.32. The van der Waals surface area contributed by atoms with Gasteiger partial charge in [0, 0.05) is 11.4 Å². The average molecular weight is 397 g/mol. The Morgan fingerprint density at radius 1 is 1.04 bits per heavy atom. The maximum atomic E-state index is 12.4. The molecule has 6 nitrogen and oxygen atoms in total. The van der Waals surface area contributed by atoms with Gasteiger partial charge in [0.2, 0.25) is 0 Å². The minimum Gasteiger partial charge on any atom is -0.495 e. The lowest BCUT2D eigenvalue weighted by Gasteiger charge is -2.13. The van der Waals surface area contributed by atoms with Crippen LogP contribution in [0.1, 0.15) is 27.2 Å². The summed E-state index contributed by atoms with van der Waals surface area (Å²) in [5.74, 6) is 0.735. The standard InChI is InChI=1S/C21H21ClN4O2/c1-12-7-13(2)20(14(3)8-12)26-19-11-23-17(10-24-19)21(27)25-15-5-6-18(28-4)16(22)9-15/h5-11H,1-4H3,(H,24,26)(H,25,27). The number of halogens is 1. The van der Waals surface area contributed by atoms with Crippen LogP contribution < -0.4 is 15.4 Å². The molecule has 0 aliphatic heterocycles. The molecule has 28 heavy (non-hydrogen) atoms. The Kier molecular flexibility index (Phi) is 5.80. The number of carbonyl (C=O) groups excluding carboxylic acids is 1. The molecule has 1 aromatic heterocycles. The maximum Gasteiger partial charge on any atom is 0.275 e. The fraction of sp³-hybridized carbons (Fsp3) is 0.190. The van der Waals surface area contributed by atoms with E-state index in [2.05, 4.69) is 39.7 Å². The van der Waals surface area contributed by atoms with Crippen molar-refractivity contribution in [2.24, 2.45) is 0 Å². The first-order chi connectivity index (χ1) is 13.4. The SMILES string of the molecule is COc1ccc(NC(=O)c2cnc(Nc3c(C)cc(C)cc3C)cn2)cc1Cl. The smallest absolute Gasteiger partial charge is 0.275 e. The first-order valence-electron chi connectivity index (χ1n) is 8.69. The zero-order valence-corrected chi connectivity index (χ0v) is 16.9. The van der Waals surface area contributed by atoms with Gasteiger partial charge in [-0.25, -0.2) is 9.97 Å². The highest BCUT2D eigenvalue weighted by Crippen LogP contribution is 2.27. The second-order valence-corrected chi connectivity index (χ2v) is 6.90. The Morgan fingerprint density at radius 3 is 2.32 bits per heavy atom. The van der Waals surface area contributed by atoms with Crippen molar-refractivity contribution in [1.29, 1.82) is 0 Å². The second kappa shape index (κ2) is 8.27. The lowest BCUT2D eigenvalue weighted by molar-refractivity contribution is 0.102. The number of methoxy groups -OCH3 is 1. The lowest BCUT2D eigenvalue weighted by Crippen LogP contribution is -2.14. The zero-order chi connectivity index (χ0) is 20.3. The molecule has 144 valence electrons. The molecule has 3 aromatic rings. The van der Waals surface area contributed by atoms with Crippen LogP contribution in [-0.2, 0) is 0 Å². The third-order valence-electron chi connectivity index (χ3n) is 4.22. The number of anilines is 3. The van der Waals surface area contributed by atoms with Crippen molar-refractivity contribution in [3.63, 3.8) is 0 Å². The van der Waals surface area contributed by atoms with Crippen LogP contribution in [0.2, 0.25) is 5.02 Å². The number of amides is 1. The number of rotatable bonds is 5. The number of nitrogens with zero attached hydrogens (tertiary/aromatic N) is 2. The van der Waals surface area contributed by atoms with Crippen LogP contribution in [0.3, 0.4) is 0 Å². The molecular formula is C21H21ClN4O2. The first-order valence-corrected chi connectivity index (χ1v) is 9.07. The lowest BCUT2D eigenvalue weighted by atomic mass is 10.1. The van der Waals surface area contributed by atoms with Gasteiger partial charge in [-0.05, 0) is 50.1 Å². The molecule has 0 atom stereocenters. The molecule has 7 heteroatoms. The summed E-state index contributed by atoms with van der Waals surface area (Å²) in [5.41, 5.74) is 5.19. The molecule has 0 unspecified atom stereocenters. The Balaban J connectivity index is 1.72. The van der Waals surface area contributed by atoms with Gasteiger partial charge in [0.1, 0.15) is 17.3 Å². The molecule has 0 spiro atoms. The number of ether oxygens (including phenoxy) is 1. The number of hydrogen-bond donors (Lipinski definition) is 2. The normalized spacial score (nSPS) is 10.5. The van der Waals surface area contributed by atoms with Gasteiger partial charge < -0.3 is 15.4 Å². The summed E-state index contributed by atoms with van der Waals surface area (Å²) in [4.78, 5) is 20.9. The van der Waals surface area contributed by atoms with Crippen molar-refractivity contribution in [2.45, 2.75) is 20.8 Å². The fourth-order valence-electron chi connectivity index (χ4n) is 2.95. The molecule has 0 saturated carbocycles. The molecule has 2 N–H and O–H groups in total. The van der Waals surface area contributed by atoms with Crippen molar-refractivity contribution in [2.75, 3.05) is 17.7 Å². The minimum absolute atomic E-state index is 0.204. The Labute approximate surface area is 168 Å². The molecule has 0 radical (unpaired) electrons. The largest absolute Gasteiger partial charge is 0.495 e. The van der Waals surface area contributed by atoms with E-state index >= 15 is 0 Å². The monoisotopic (exact) mass is 396 g/mol. The molecule has 0 fully saturated rings. The molecule has 3 rings (SSSR count). The third-order valence-corrected chi connectivity index (χ3v) is 4.52. The number of benzene rings is 2. The van der Waals surface area contributed by atoms with Crippen molar-refractivity contribution in [1.82, 2.24) is 9.97 Å². The van der Waals surface area contributed by atoms with Gasteiger partial charge in [-0.1, -0.05) is 29.3 Å². The average Bonchev–Trinajstić information content (AvgIpc) is 2.65. The summed E-state index contributed by atoms with van der Waals surface area (Å²) < 4.78 is 5.10. The van der Waals surface area contributed by atoms with Gasteiger partial charge in [0.05, 0.1) is 24.5 Å². The van der Waals surface area contributed by atoms with Gasteiger partial charge in [-0.2, -0.15) is 0 Å². The van der Waals surface area contributed by atoms with E-state index in [1.807, 2.05) is 13.8 Å². The highest BCUT2D eigenvalue weighted by Gasteiger charge is 2.11. The van der Waals surface area contributed by atoms with Crippen LogP contribution in [0.15, 0.2) is 42.7 Å². The Hall–Kier alpha value is -3.12. The second-order valence-electron chi connectivity index (χ2n) is 6.49. The number of aryl methyl sites for hydroxylation is 3. The summed E-state index contributed by atoms with van der Waals surface area (Å²) in [6.07, 6.45) is 2.97. The van der Waals surface area contributed by atoms with Crippen molar-refractivity contribution < 1.29 is 9.53 Å². The van der Waals surface area contributed by atoms with Crippen LogP contribution in [-0.4, -0.2) is 23.0 Å². The Bertz CT molecular complexity index is 996. The molecule has 0 bridgehead atoms. The van der Waals surface area contributed by atoms with Gasteiger partial charge >= 0.3 is 0 Å². The highest BCUT2D eigenvalue weighted by atomic mass is 35.5. The van der Waals surface area contributed by atoms with E-state index < -0.39 is 0 Å². The zero-order valence-electron chi connectivity index (χ0n) is 16.1. The van der Waals surface area contributed by atoms with E-state index in [-0.39, 0.29) is 11.6 Å². The third kappa shape index (κ3) is 4.40. The predicted octanol–water partition coefficient (Wildman–Crippen LogP) is 5.06. The van der Waals surface area contributed by atoms with E-state index in [0.717, 1.165) is 16.8 Å². The van der Waals surface area contributed by atoms with E-state index in [4.69, 9.17) is 16.3 Å². The number of aromatic nitrogens is 2. The first kappa shape index (κ1) is 19.6. The molecule has 0 aliphatic carbocycles. The van der Waals surface area contributed by atoms with Crippen LogP contribution >= 0.6 is 11.6 Å². The number of carbonyl (C=O) groups is 1. The summed E-state index contributed by atoms with van der Waals surface area (Å²) in [5, 5.41) is 6.42. The summed E-state index contributed by atoms with van der Waals surface area (Å²) in [6.45, 7) is 6.14. The fourth-order valence-corrected chi connectivity index (χ4v) is 3.21. The van der Waals surface area contributed by atoms with E-state index in [1.165, 1.54) is 25.1 Å². The quantitative estimate of drug-likeness (QED) is 0.630. The van der Waals surface area contributed by atoms with Crippen LogP contribution in [0.5, 0.6) is 5.75 Å². The summed E-state index contributed by atoms with van der Waals surface area (Å²) in [7, 11) is 1.53. The van der Waals surface area contributed by atoms with Gasteiger partial charge in [-0.15, -0.1) is 0 Å². The topological polar surface area (TPSA) is 76.1 Å². The molecule has 0 saturated heterocycles. The number of nitrogens with one attached hydrogen (secondary N) is 2. The van der Waals surface area contributed by atoms with Crippen molar-refractivity contribution >= 4 is 34.7 Å². The molecular weight excluding hydrogens is 376 g/mol. The van der Waals surface area contributed by atoms with Crippen LogP contribution in [0.25, 0.3) is 0 Å². The van der Waals surface area contributed by atoms with E-state index in [1.54, 1.807) is 18.2 Å². The van der Waals surface area contributed by atoms with E-state index in [0.29, 0.717) is 22.3 Å².